The summed E-state index contributed by atoms with van der Waals surface area (Å²) in [4.78, 5) is 12.4. The first-order valence-corrected chi connectivity index (χ1v) is 6.35. The maximum absolute atomic E-state index is 13.0. The zero-order valence-corrected chi connectivity index (χ0v) is 11.6. The van der Waals surface area contributed by atoms with Crippen LogP contribution in [-0.4, -0.2) is 10.9 Å². The highest BCUT2D eigenvalue weighted by atomic mass is 32.1. The van der Waals surface area contributed by atoms with Crippen molar-refractivity contribution in [2.45, 2.75) is 6.92 Å². The van der Waals surface area contributed by atoms with Crippen LogP contribution in [0.25, 0.3) is 0 Å². The highest BCUT2D eigenvalue weighted by molar-refractivity contribution is 7.80. The van der Waals surface area contributed by atoms with Crippen LogP contribution in [0.2, 0.25) is 0 Å². The molecule has 0 aliphatic carbocycles. The smallest absolute Gasteiger partial charge is 0.255 e. The number of carbonyl (C=O) groups excluding carboxylic acids is 1. The van der Waals surface area contributed by atoms with Gasteiger partial charge in [-0.2, -0.15) is 0 Å². The van der Waals surface area contributed by atoms with Crippen molar-refractivity contribution in [2.24, 2.45) is 5.73 Å². The molecule has 20 heavy (non-hydrogen) atoms. The molecule has 5 heteroatoms. The average Bonchev–Trinajstić information content (AvgIpc) is 2.38. The van der Waals surface area contributed by atoms with Crippen LogP contribution < -0.4 is 11.1 Å². The Morgan fingerprint density at radius 3 is 2.65 bits per heavy atom. The van der Waals surface area contributed by atoms with Gasteiger partial charge in [-0.3, -0.25) is 4.79 Å². The van der Waals surface area contributed by atoms with Gasteiger partial charge in [0.05, 0.1) is 0 Å². The van der Waals surface area contributed by atoms with Gasteiger partial charge in [-0.25, -0.2) is 4.39 Å². The summed E-state index contributed by atoms with van der Waals surface area (Å²) in [7, 11) is 0. The maximum atomic E-state index is 13.0. The van der Waals surface area contributed by atoms with E-state index in [1.807, 2.05) is 0 Å². The van der Waals surface area contributed by atoms with Gasteiger partial charge in [-0.15, -0.1) is 0 Å². The molecule has 0 aromatic heterocycles. The molecule has 3 nitrogen and oxygen atoms in total. The van der Waals surface area contributed by atoms with Crippen molar-refractivity contribution in [3.8, 4) is 0 Å². The summed E-state index contributed by atoms with van der Waals surface area (Å²) in [6.45, 7) is 1.68. The van der Waals surface area contributed by atoms with Gasteiger partial charge in [0.15, 0.2) is 0 Å². The number of anilines is 1. The van der Waals surface area contributed by atoms with Gasteiger partial charge in [-0.1, -0.05) is 24.4 Å². The van der Waals surface area contributed by atoms with Gasteiger partial charge in [0.2, 0.25) is 0 Å². The summed E-state index contributed by atoms with van der Waals surface area (Å²) < 4.78 is 13.0. The molecule has 0 saturated carbocycles. The molecule has 2 rings (SSSR count). The van der Waals surface area contributed by atoms with E-state index in [9.17, 15) is 9.18 Å². The normalized spacial score (nSPS) is 10.1. The number of thiocarbonyl (C=S) groups is 1. The SMILES string of the molecule is Cc1cc(F)ccc1C(=O)Nc1cccc(C(N)=S)c1. The summed E-state index contributed by atoms with van der Waals surface area (Å²) in [5.41, 5.74) is 7.80. The topological polar surface area (TPSA) is 55.1 Å². The monoisotopic (exact) mass is 288 g/mol. The number of aryl methyl sites for hydroxylation is 1. The lowest BCUT2D eigenvalue weighted by Gasteiger charge is -2.09. The highest BCUT2D eigenvalue weighted by Gasteiger charge is 2.10. The third kappa shape index (κ3) is 3.19. The second-order valence-corrected chi connectivity index (χ2v) is 4.80. The van der Waals surface area contributed by atoms with Crippen LogP contribution in [0.5, 0.6) is 0 Å². The maximum Gasteiger partial charge on any atom is 0.255 e. The lowest BCUT2D eigenvalue weighted by atomic mass is 10.1. The molecule has 1 amide bonds. The Morgan fingerprint density at radius 1 is 1.25 bits per heavy atom. The first kappa shape index (κ1) is 14.1. The summed E-state index contributed by atoms with van der Waals surface area (Å²) in [5.74, 6) is -0.669. The summed E-state index contributed by atoms with van der Waals surface area (Å²) >= 11 is 4.89. The molecule has 2 aromatic rings. The largest absolute Gasteiger partial charge is 0.389 e. The number of hydrogen-bond acceptors (Lipinski definition) is 2. The molecule has 3 N–H and O–H groups in total. The van der Waals surface area contributed by atoms with Crippen LogP contribution in [0.15, 0.2) is 42.5 Å². The molecule has 0 saturated heterocycles. The fourth-order valence-corrected chi connectivity index (χ4v) is 1.96. The van der Waals surface area contributed by atoms with Gasteiger partial charge in [0.1, 0.15) is 10.8 Å². The van der Waals surface area contributed by atoms with Crippen molar-refractivity contribution in [1.29, 1.82) is 0 Å². The molecule has 0 unspecified atom stereocenters. The zero-order valence-electron chi connectivity index (χ0n) is 10.8. The predicted molar refractivity (Wildman–Crippen MR) is 81.4 cm³/mol. The average molecular weight is 288 g/mol. The van der Waals surface area contributed by atoms with Crippen LogP contribution in [0.3, 0.4) is 0 Å². The molecule has 0 aliphatic rings. The molecule has 0 bridgehead atoms. The number of carbonyl (C=O) groups is 1. The van der Waals surface area contributed by atoms with Crippen molar-refractivity contribution in [3.05, 3.63) is 65.0 Å². The van der Waals surface area contributed by atoms with E-state index in [0.717, 1.165) is 0 Å². The second-order valence-electron chi connectivity index (χ2n) is 4.36. The fraction of sp³-hybridized carbons (Fsp3) is 0.0667. The van der Waals surface area contributed by atoms with E-state index < -0.39 is 0 Å². The first-order valence-electron chi connectivity index (χ1n) is 5.95. The summed E-state index contributed by atoms with van der Waals surface area (Å²) in [6, 6.07) is 11.0. The van der Waals surface area contributed by atoms with Crippen molar-refractivity contribution in [1.82, 2.24) is 0 Å². The molecule has 2 aromatic carbocycles. The van der Waals surface area contributed by atoms with Gasteiger partial charge in [0, 0.05) is 16.8 Å². The van der Waals surface area contributed by atoms with Crippen LogP contribution in [0.4, 0.5) is 10.1 Å². The minimum Gasteiger partial charge on any atom is -0.389 e. The van der Waals surface area contributed by atoms with Gasteiger partial charge in [-0.05, 0) is 42.8 Å². The minimum atomic E-state index is -0.366. The number of amides is 1. The van der Waals surface area contributed by atoms with Crippen LogP contribution in [0.1, 0.15) is 21.5 Å². The fourth-order valence-electron chi connectivity index (χ4n) is 1.83. The lowest BCUT2D eigenvalue weighted by Crippen LogP contribution is -2.15. The molecule has 0 radical (unpaired) electrons. The number of benzene rings is 2. The van der Waals surface area contributed by atoms with Crippen molar-refractivity contribution in [2.75, 3.05) is 5.32 Å². The van der Waals surface area contributed by atoms with E-state index in [0.29, 0.717) is 22.4 Å². The number of rotatable bonds is 3. The molecular formula is C15H13FN2OS. The van der Waals surface area contributed by atoms with Crippen LogP contribution in [0, 0.1) is 12.7 Å². The number of halogens is 1. The molecule has 0 heterocycles. The third-order valence-electron chi connectivity index (χ3n) is 2.84. The molecule has 102 valence electrons. The van der Waals surface area contributed by atoms with E-state index in [2.05, 4.69) is 5.32 Å². The Kier molecular flexibility index (Phi) is 4.10. The second kappa shape index (κ2) is 5.79. The van der Waals surface area contributed by atoms with Gasteiger partial charge < -0.3 is 11.1 Å². The Balaban J connectivity index is 2.23. The Morgan fingerprint density at radius 2 is 2.00 bits per heavy atom. The molecular weight excluding hydrogens is 275 g/mol. The van der Waals surface area contributed by atoms with Crippen LogP contribution in [-0.2, 0) is 0 Å². The van der Waals surface area contributed by atoms with E-state index in [-0.39, 0.29) is 16.7 Å². The molecule has 0 fully saturated rings. The van der Waals surface area contributed by atoms with E-state index in [4.69, 9.17) is 18.0 Å². The summed E-state index contributed by atoms with van der Waals surface area (Å²) in [6.07, 6.45) is 0. The number of hydrogen-bond donors (Lipinski definition) is 2. The number of nitrogens with two attached hydrogens (primary N) is 1. The Bertz CT molecular complexity index is 685. The highest BCUT2D eigenvalue weighted by Crippen LogP contribution is 2.15. The molecule has 0 spiro atoms. The minimum absolute atomic E-state index is 0.263. The van der Waals surface area contributed by atoms with E-state index in [1.165, 1.54) is 18.2 Å². The third-order valence-corrected chi connectivity index (χ3v) is 3.07. The quantitative estimate of drug-likeness (QED) is 0.854. The van der Waals surface area contributed by atoms with Crippen molar-refractivity contribution in [3.63, 3.8) is 0 Å². The zero-order chi connectivity index (χ0) is 14.7. The standard InChI is InChI=1S/C15H13FN2OS/c1-9-7-11(16)5-6-13(9)15(19)18-12-4-2-3-10(8-12)14(17)20/h2-8H,1H3,(H2,17,20)(H,18,19). The van der Waals surface area contributed by atoms with Gasteiger partial charge >= 0.3 is 0 Å². The van der Waals surface area contributed by atoms with Crippen molar-refractivity contribution >= 4 is 28.8 Å². The number of nitrogens with one attached hydrogen (secondary N) is 1. The Hall–Kier alpha value is -2.27. The van der Waals surface area contributed by atoms with Crippen LogP contribution >= 0.6 is 12.2 Å². The predicted octanol–water partition coefficient (Wildman–Crippen LogP) is 3.02. The molecule has 0 aliphatic heterocycles. The van der Waals surface area contributed by atoms with E-state index in [1.54, 1.807) is 31.2 Å². The van der Waals surface area contributed by atoms with Crippen molar-refractivity contribution < 1.29 is 9.18 Å². The Labute approximate surface area is 121 Å². The molecule has 0 atom stereocenters. The van der Waals surface area contributed by atoms with Gasteiger partial charge in [0.25, 0.3) is 5.91 Å². The van der Waals surface area contributed by atoms with E-state index >= 15 is 0 Å². The first-order chi connectivity index (χ1) is 9.47. The summed E-state index contributed by atoms with van der Waals surface area (Å²) in [5, 5.41) is 2.74. The lowest BCUT2D eigenvalue weighted by molar-refractivity contribution is 0.102.